The quantitative estimate of drug-likeness (QED) is 0.541. The Morgan fingerprint density at radius 3 is 2.62 bits per heavy atom. The van der Waals surface area contributed by atoms with E-state index in [1.165, 1.54) is 4.90 Å². The first-order chi connectivity index (χ1) is 7.63. The van der Waals surface area contributed by atoms with Crippen molar-refractivity contribution < 1.29 is 9.59 Å². The Bertz CT molecular complexity index is 254. The van der Waals surface area contributed by atoms with Crippen molar-refractivity contribution in [2.75, 3.05) is 19.5 Å². The summed E-state index contributed by atoms with van der Waals surface area (Å²) >= 11 is 5.52. The fraction of sp³-hybridized carbons (Fsp3) is 0.818. The van der Waals surface area contributed by atoms with E-state index in [2.05, 4.69) is 5.32 Å². The number of amides is 2. The molecular formula is C11H19ClN2O2. The normalized spacial score (nSPS) is 14.6. The summed E-state index contributed by atoms with van der Waals surface area (Å²) in [6.45, 7) is 0.163. The van der Waals surface area contributed by atoms with Gasteiger partial charge in [0.15, 0.2) is 0 Å². The van der Waals surface area contributed by atoms with Crippen molar-refractivity contribution in [2.45, 2.75) is 38.1 Å². The molecule has 0 spiro atoms. The van der Waals surface area contributed by atoms with E-state index in [-0.39, 0.29) is 18.4 Å². The molecule has 1 aliphatic carbocycles. The van der Waals surface area contributed by atoms with Crippen molar-refractivity contribution in [1.82, 2.24) is 10.2 Å². The lowest BCUT2D eigenvalue weighted by atomic mass is 10.2. The molecule has 92 valence electrons. The predicted molar refractivity (Wildman–Crippen MR) is 63.4 cm³/mol. The average molecular weight is 247 g/mol. The second-order valence-corrected chi connectivity index (χ2v) is 4.62. The average Bonchev–Trinajstić information content (AvgIpc) is 3.01. The van der Waals surface area contributed by atoms with Gasteiger partial charge in [0.1, 0.15) is 0 Å². The number of hydrogen-bond donors (Lipinski definition) is 1. The van der Waals surface area contributed by atoms with E-state index in [0.29, 0.717) is 18.3 Å². The van der Waals surface area contributed by atoms with E-state index >= 15 is 0 Å². The lowest BCUT2D eigenvalue weighted by Gasteiger charge is -2.16. The number of alkyl halides is 1. The van der Waals surface area contributed by atoms with Gasteiger partial charge in [0.25, 0.3) is 0 Å². The molecule has 0 radical (unpaired) electrons. The molecule has 0 aromatic heterocycles. The summed E-state index contributed by atoms with van der Waals surface area (Å²) in [5.41, 5.74) is 0. The molecule has 1 saturated carbocycles. The fourth-order valence-corrected chi connectivity index (χ4v) is 1.56. The molecule has 16 heavy (non-hydrogen) atoms. The minimum absolute atomic E-state index is 0.0102. The van der Waals surface area contributed by atoms with E-state index in [9.17, 15) is 9.59 Å². The summed E-state index contributed by atoms with van der Waals surface area (Å²) in [5, 5.41) is 2.85. The number of nitrogens with zero attached hydrogens (tertiary/aromatic N) is 1. The molecule has 0 bridgehead atoms. The van der Waals surface area contributed by atoms with Gasteiger partial charge in [-0.15, -0.1) is 11.6 Å². The van der Waals surface area contributed by atoms with Gasteiger partial charge in [-0.25, -0.2) is 0 Å². The molecule has 0 aromatic carbocycles. The van der Waals surface area contributed by atoms with Crippen LogP contribution in [0.4, 0.5) is 0 Å². The Morgan fingerprint density at radius 2 is 2.06 bits per heavy atom. The Hall–Kier alpha value is -0.770. The smallest absolute Gasteiger partial charge is 0.239 e. The molecule has 1 fully saturated rings. The second-order valence-electron chi connectivity index (χ2n) is 4.24. The largest absolute Gasteiger partial charge is 0.352 e. The summed E-state index contributed by atoms with van der Waals surface area (Å²) in [6.07, 6.45) is 4.24. The van der Waals surface area contributed by atoms with Crippen LogP contribution in [0.15, 0.2) is 0 Å². The van der Waals surface area contributed by atoms with Crippen LogP contribution in [0.2, 0.25) is 0 Å². The molecule has 1 rings (SSSR count). The van der Waals surface area contributed by atoms with Crippen LogP contribution in [-0.2, 0) is 9.59 Å². The second kappa shape index (κ2) is 6.74. The molecule has 0 saturated heterocycles. The summed E-state index contributed by atoms with van der Waals surface area (Å²) in [4.78, 5) is 24.4. The van der Waals surface area contributed by atoms with Crippen LogP contribution in [0.5, 0.6) is 0 Å². The third kappa shape index (κ3) is 5.35. The van der Waals surface area contributed by atoms with E-state index < -0.39 is 0 Å². The van der Waals surface area contributed by atoms with Gasteiger partial charge in [-0.3, -0.25) is 9.59 Å². The molecule has 0 unspecified atom stereocenters. The van der Waals surface area contributed by atoms with Crippen LogP contribution < -0.4 is 5.32 Å². The number of nitrogens with one attached hydrogen (secondary N) is 1. The van der Waals surface area contributed by atoms with Crippen molar-refractivity contribution in [2.24, 2.45) is 0 Å². The SMILES string of the molecule is CN(CC(=O)NC1CC1)C(=O)CCCCCl. The number of carbonyl (C=O) groups is 2. The highest BCUT2D eigenvalue weighted by molar-refractivity contribution is 6.17. The molecule has 0 aromatic rings. The Balaban J connectivity index is 2.13. The maximum atomic E-state index is 11.6. The van der Waals surface area contributed by atoms with Crippen LogP contribution in [0, 0.1) is 0 Å². The third-order valence-electron chi connectivity index (χ3n) is 2.52. The highest BCUT2D eigenvalue weighted by Crippen LogP contribution is 2.18. The van der Waals surface area contributed by atoms with Gasteiger partial charge in [0.2, 0.25) is 11.8 Å². The van der Waals surface area contributed by atoms with Crippen molar-refractivity contribution in [3.8, 4) is 0 Å². The fourth-order valence-electron chi connectivity index (χ4n) is 1.37. The van der Waals surface area contributed by atoms with Gasteiger partial charge in [-0.2, -0.15) is 0 Å². The van der Waals surface area contributed by atoms with Crippen molar-refractivity contribution >= 4 is 23.4 Å². The summed E-state index contributed by atoms with van der Waals surface area (Å²) in [5.74, 6) is 0.533. The summed E-state index contributed by atoms with van der Waals surface area (Å²) in [7, 11) is 1.66. The number of rotatable bonds is 7. The maximum absolute atomic E-state index is 11.6. The first-order valence-electron chi connectivity index (χ1n) is 5.72. The minimum atomic E-state index is -0.0595. The maximum Gasteiger partial charge on any atom is 0.239 e. The molecule has 0 aliphatic heterocycles. The highest BCUT2D eigenvalue weighted by atomic mass is 35.5. The number of unbranched alkanes of at least 4 members (excludes halogenated alkanes) is 1. The molecular weight excluding hydrogens is 228 g/mol. The molecule has 5 heteroatoms. The molecule has 2 amide bonds. The topological polar surface area (TPSA) is 49.4 Å². The van der Waals surface area contributed by atoms with Crippen LogP contribution >= 0.6 is 11.6 Å². The predicted octanol–water partition coefficient (Wildman–Crippen LogP) is 1.13. The minimum Gasteiger partial charge on any atom is -0.352 e. The lowest BCUT2D eigenvalue weighted by molar-refractivity contribution is -0.134. The van der Waals surface area contributed by atoms with Crippen molar-refractivity contribution in [3.63, 3.8) is 0 Å². The zero-order valence-electron chi connectivity index (χ0n) is 9.67. The molecule has 4 nitrogen and oxygen atoms in total. The number of hydrogen-bond acceptors (Lipinski definition) is 2. The van der Waals surface area contributed by atoms with Gasteiger partial charge in [0.05, 0.1) is 6.54 Å². The molecule has 1 aliphatic rings. The first-order valence-corrected chi connectivity index (χ1v) is 6.26. The van der Waals surface area contributed by atoms with Gasteiger partial charge in [0, 0.05) is 25.4 Å². The van der Waals surface area contributed by atoms with Gasteiger partial charge >= 0.3 is 0 Å². The Labute approximate surface area is 101 Å². The van der Waals surface area contributed by atoms with Crippen LogP contribution in [0.25, 0.3) is 0 Å². The van der Waals surface area contributed by atoms with Crippen LogP contribution in [0.3, 0.4) is 0 Å². The van der Waals surface area contributed by atoms with Crippen molar-refractivity contribution in [3.05, 3.63) is 0 Å². The van der Waals surface area contributed by atoms with Gasteiger partial charge in [-0.05, 0) is 25.7 Å². The Kier molecular flexibility index (Phi) is 5.60. The number of likely N-dealkylation sites (N-methyl/N-ethyl adjacent to an activating group) is 1. The van der Waals surface area contributed by atoms with E-state index in [4.69, 9.17) is 11.6 Å². The van der Waals surface area contributed by atoms with E-state index in [1.807, 2.05) is 0 Å². The molecule has 0 heterocycles. The van der Waals surface area contributed by atoms with Crippen LogP contribution in [-0.4, -0.2) is 42.2 Å². The van der Waals surface area contributed by atoms with Gasteiger partial charge in [-0.1, -0.05) is 0 Å². The zero-order valence-corrected chi connectivity index (χ0v) is 10.4. The summed E-state index contributed by atoms with van der Waals surface area (Å²) < 4.78 is 0. The first kappa shape index (κ1) is 13.3. The number of carbonyl (C=O) groups excluding carboxylic acids is 2. The highest BCUT2D eigenvalue weighted by Gasteiger charge is 2.24. The third-order valence-corrected chi connectivity index (χ3v) is 2.79. The molecule has 1 N–H and O–H groups in total. The Morgan fingerprint density at radius 1 is 1.38 bits per heavy atom. The lowest BCUT2D eigenvalue weighted by Crippen LogP contribution is -2.39. The monoisotopic (exact) mass is 246 g/mol. The van der Waals surface area contributed by atoms with Gasteiger partial charge < -0.3 is 10.2 Å². The molecule has 0 atom stereocenters. The number of halogens is 1. The van der Waals surface area contributed by atoms with E-state index in [0.717, 1.165) is 25.7 Å². The van der Waals surface area contributed by atoms with Crippen LogP contribution in [0.1, 0.15) is 32.1 Å². The standard InChI is InChI=1S/C11H19ClN2O2/c1-14(11(16)4-2-3-7-12)8-10(15)13-9-5-6-9/h9H,2-8H2,1H3,(H,13,15). The zero-order chi connectivity index (χ0) is 12.0. The van der Waals surface area contributed by atoms with Crippen molar-refractivity contribution in [1.29, 1.82) is 0 Å². The van der Waals surface area contributed by atoms with E-state index in [1.54, 1.807) is 7.05 Å². The summed E-state index contributed by atoms with van der Waals surface area (Å²) in [6, 6.07) is 0.354.